The van der Waals surface area contributed by atoms with Crippen LogP contribution < -0.4 is 10.5 Å². The number of nitrogens with two attached hydrogens (primary N) is 1. The molecule has 0 saturated heterocycles. The fourth-order valence-corrected chi connectivity index (χ4v) is 1.88. The lowest BCUT2D eigenvalue weighted by atomic mass is 10.3. The van der Waals surface area contributed by atoms with Crippen LogP contribution in [0.15, 0.2) is 21.5 Å². The van der Waals surface area contributed by atoms with Gasteiger partial charge in [0.1, 0.15) is 11.2 Å². The molecule has 0 saturated carbocycles. The summed E-state index contributed by atoms with van der Waals surface area (Å²) in [6, 6.07) is 3.45. The Morgan fingerprint density at radius 2 is 2.31 bits per heavy atom. The average Bonchev–Trinajstić information content (AvgIpc) is 2.10. The molecule has 0 aliphatic rings. The van der Waals surface area contributed by atoms with E-state index in [9.17, 15) is 0 Å². The monoisotopic (exact) mass is 258 g/mol. The minimum atomic E-state index is 0.552. The standard InChI is InChI=1S/C8H7BrN2OS/c1-12-7-3-8(13-4-10)5(9)2-6(7)11/h2-3H,11H2,1H3. The van der Waals surface area contributed by atoms with Gasteiger partial charge in [0.15, 0.2) is 0 Å². The third kappa shape index (κ3) is 2.29. The largest absolute Gasteiger partial charge is 0.495 e. The van der Waals surface area contributed by atoms with Crippen LogP contribution in [0.3, 0.4) is 0 Å². The number of benzene rings is 1. The van der Waals surface area contributed by atoms with Gasteiger partial charge in [-0.3, -0.25) is 0 Å². The minimum Gasteiger partial charge on any atom is -0.495 e. The highest BCUT2D eigenvalue weighted by molar-refractivity contribution is 9.10. The first-order valence-electron chi connectivity index (χ1n) is 3.38. The number of nitriles is 1. The molecule has 3 nitrogen and oxygen atoms in total. The number of methoxy groups -OCH3 is 1. The molecule has 0 fully saturated rings. The molecule has 0 heterocycles. The molecular formula is C8H7BrN2OS. The Hall–Kier alpha value is -0.860. The Morgan fingerprint density at radius 3 is 2.85 bits per heavy atom. The van der Waals surface area contributed by atoms with Crippen LogP contribution in [0, 0.1) is 10.7 Å². The van der Waals surface area contributed by atoms with Crippen molar-refractivity contribution in [3.63, 3.8) is 0 Å². The van der Waals surface area contributed by atoms with Gasteiger partial charge in [-0.1, -0.05) is 0 Å². The van der Waals surface area contributed by atoms with Crippen LogP contribution in [-0.2, 0) is 0 Å². The zero-order chi connectivity index (χ0) is 9.84. The first kappa shape index (κ1) is 10.2. The van der Waals surface area contributed by atoms with Gasteiger partial charge in [0, 0.05) is 9.37 Å². The molecular weight excluding hydrogens is 252 g/mol. The van der Waals surface area contributed by atoms with E-state index in [2.05, 4.69) is 15.9 Å². The third-order valence-electron chi connectivity index (χ3n) is 1.44. The highest BCUT2D eigenvalue weighted by atomic mass is 79.9. The minimum absolute atomic E-state index is 0.552. The molecule has 5 heteroatoms. The van der Waals surface area contributed by atoms with Crippen LogP contribution in [-0.4, -0.2) is 7.11 Å². The molecule has 0 aliphatic carbocycles. The van der Waals surface area contributed by atoms with Crippen molar-refractivity contribution in [3.05, 3.63) is 16.6 Å². The van der Waals surface area contributed by atoms with E-state index in [0.29, 0.717) is 11.4 Å². The summed E-state index contributed by atoms with van der Waals surface area (Å²) in [6.45, 7) is 0. The van der Waals surface area contributed by atoms with Crippen molar-refractivity contribution in [3.8, 4) is 11.2 Å². The fraction of sp³-hybridized carbons (Fsp3) is 0.125. The van der Waals surface area contributed by atoms with Crippen LogP contribution in [0.1, 0.15) is 0 Å². The molecule has 2 N–H and O–H groups in total. The van der Waals surface area contributed by atoms with E-state index in [0.717, 1.165) is 21.1 Å². The number of halogens is 1. The smallest absolute Gasteiger partial charge is 0.142 e. The zero-order valence-corrected chi connectivity index (χ0v) is 9.28. The third-order valence-corrected chi connectivity index (χ3v) is 3.01. The summed E-state index contributed by atoms with van der Waals surface area (Å²) in [5.41, 5.74) is 6.20. The lowest BCUT2D eigenvalue weighted by Crippen LogP contribution is -1.92. The Balaban J connectivity index is 3.16. The Bertz CT molecular complexity index is 362. The molecule has 0 atom stereocenters. The van der Waals surface area contributed by atoms with Crippen molar-refractivity contribution in [2.24, 2.45) is 0 Å². The van der Waals surface area contributed by atoms with E-state index >= 15 is 0 Å². The van der Waals surface area contributed by atoms with Gasteiger partial charge in [-0.15, -0.1) is 0 Å². The lowest BCUT2D eigenvalue weighted by Gasteiger charge is -2.06. The van der Waals surface area contributed by atoms with Gasteiger partial charge in [-0.25, -0.2) is 0 Å². The highest BCUT2D eigenvalue weighted by Gasteiger charge is 2.06. The topological polar surface area (TPSA) is 59.0 Å². The van der Waals surface area contributed by atoms with Gasteiger partial charge in [0.2, 0.25) is 0 Å². The van der Waals surface area contributed by atoms with Crippen molar-refractivity contribution in [1.82, 2.24) is 0 Å². The van der Waals surface area contributed by atoms with Gasteiger partial charge >= 0.3 is 0 Å². The number of ether oxygens (including phenoxy) is 1. The zero-order valence-electron chi connectivity index (χ0n) is 6.87. The molecule has 1 rings (SSSR count). The molecule has 0 spiro atoms. The Kier molecular flexibility index (Phi) is 3.46. The Labute approximate surface area is 89.0 Å². The molecule has 68 valence electrons. The summed E-state index contributed by atoms with van der Waals surface area (Å²) < 4.78 is 5.82. The normalized spacial score (nSPS) is 9.31. The van der Waals surface area contributed by atoms with Crippen molar-refractivity contribution in [2.75, 3.05) is 12.8 Å². The molecule has 0 unspecified atom stereocenters. The quantitative estimate of drug-likeness (QED) is 0.504. The summed E-state index contributed by atoms with van der Waals surface area (Å²) in [7, 11) is 1.54. The van der Waals surface area contributed by atoms with Gasteiger partial charge < -0.3 is 10.5 Å². The van der Waals surface area contributed by atoms with Crippen LogP contribution >= 0.6 is 27.7 Å². The van der Waals surface area contributed by atoms with Crippen molar-refractivity contribution in [1.29, 1.82) is 5.26 Å². The maximum Gasteiger partial charge on any atom is 0.142 e. The molecule has 0 aromatic heterocycles. The molecule has 13 heavy (non-hydrogen) atoms. The molecule has 0 aliphatic heterocycles. The molecule has 1 aromatic rings. The summed E-state index contributed by atoms with van der Waals surface area (Å²) in [5, 5.41) is 10.5. The second kappa shape index (κ2) is 4.40. The van der Waals surface area contributed by atoms with Gasteiger partial charge in [-0.2, -0.15) is 5.26 Å². The fourth-order valence-electron chi connectivity index (χ4n) is 0.854. The number of hydrogen-bond donors (Lipinski definition) is 1. The van der Waals surface area contributed by atoms with E-state index < -0.39 is 0 Å². The molecule has 0 bridgehead atoms. The van der Waals surface area contributed by atoms with E-state index in [-0.39, 0.29) is 0 Å². The van der Waals surface area contributed by atoms with Gasteiger partial charge in [0.25, 0.3) is 0 Å². The Morgan fingerprint density at radius 1 is 1.62 bits per heavy atom. The van der Waals surface area contributed by atoms with Gasteiger partial charge in [0.05, 0.1) is 12.8 Å². The lowest BCUT2D eigenvalue weighted by molar-refractivity contribution is 0.416. The number of thioether (sulfide) groups is 1. The molecule has 0 amide bonds. The number of thiocyanates is 1. The second-order valence-corrected chi connectivity index (χ2v) is 3.90. The summed E-state index contributed by atoms with van der Waals surface area (Å²) in [4.78, 5) is 0.800. The van der Waals surface area contributed by atoms with Crippen LogP contribution in [0.2, 0.25) is 0 Å². The first-order chi connectivity index (χ1) is 6.19. The predicted molar refractivity (Wildman–Crippen MR) is 56.6 cm³/mol. The van der Waals surface area contributed by atoms with Crippen LogP contribution in [0.4, 0.5) is 5.69 Å². The van der Waals surface area contributed by atoms with Crippen molar-refractivity contribution in [2.45, 2.75) is 4.90 Å². The highest BCUT2D eigenvalue weighted by Crippen LogP contribution is 2.34. The van der Waals surface area contributed by atoms with Crippen LogP contribution in [0.25, 0.3) is 0 Å². The summed E-state index contributed by atoms with van der Waals surface area (Å²) in [6.07, 6.45) is 0. The van der Waals surface area contributed by atoms with E-state index in [1.54, 1.807) is 19.2 Å². The summed E-state index contributed by atoms with van der Waals surface area (Å²) >= 11 is 4.37. The molecule has 1 aromatic carbocycles. The summed E-state index contributed by atoms with van der Waals surface area (Å²) in [5.74, 6) is 0.584. The van der Waals surface area contributed by atoms with Crippen LogP contribution in [0.5, 0.6) is 5.75 Å². The first-order valence-corrected chi connectivity index (χ1v) is 4.99. The van der Waals surface area contributed by atoms with Crippen molar-refractivity contribution < 1.29 is 4.74 Å². The van der Waals surface area contributed by atoms with E-state index in [4.69, 9.17) is 15.7 Å². The number of nitrogen functional groups attached to an aromatic ring is 1. The maximum atomic E-state index is 8.50. The second-order valence-electron chi connectivity index (χ2n) is 2.22. The average molecular weight is 259 g/mol. The predicted octanol–water partition coefficient (Wildman–Crippen LogP) is 2.61. The maximum absolute atomic E-state index is 8.50. The number of anilines is 1. The van der Waals surface area contributed by atoms with E-state index in [1.807, 2.05) is 5.40 Å². The molecule has 0 radical (unpaired) electrons. The van der Waals surface area contributed by atoms with E-state index in [1.165, 1.54) is 0 Å². The number of nitrogens with zero attached hydrogens (tertiary/aromatic N) is 1. The SMILES string of the molecule is COc1cc(SC#N)c(Br)cc1N. The van der Waals surface area contributed by atoms with Gasteiger partial charge in [-0.05, 0) is 39.8 Å². The number of rotatable bonds is 2. The van der Waals surface area contributed by atoms with Crippen molar-refractivity contribution >= 4 is 33.4 Å². The number of hydrogen-bond acceptors (Lipinski definition) is 4.